The highest BCUT2D eigenvalue weighted by Crippen LogP contribution is 2.28. The average Bonchev–Trinajstić information content (AvgIpc) is 3.35. The molecule has 2 N–H and O–H groups in total. The Labute approximate surface area is 136 Å². The molecule has 0 aliphatic heterocycles. The van der Waals surface area contributed by atoms with Crippen molar-refractivity contribution in [1.29, 1.82) is 0 Å². The Morgan fingerprint density at radius 2 is 2.22 bits per heavy atom. The number of ether oxygens (including phenoxy) is 1. The Hall–Kier alpha value is -2.40. The lowest BCUT2D eigenvalue weighted by Gasteiger charge is -2.11. The van der Waals surface area contributed by atoms with Gasteiger partial charge in [0.15, 0.2) is 0 Å². The topological polar surface area (TPSA) is 63.2 Å². The van der Waals surface area contributed by atoms with E-state index in [2.05, 4.69) is 15.6 Å². The number of anilines is 1. The molecule has 23 heavy (non-hydrogen) atoms. The average molecular weight is 311 g/mol. The first-order chi connectivity index (χ1) is 11.2. The molecule has 5 nitrogen and oxygen atoms in total. The number of pyridine rings is 1. The van der Waals surface area contributed by atoms with E-state index in [-0.39, 0.29) is 5.91 Å². The third-order valence-corrected chi connectivity index (χ3v) is 3.74. The molecule has 0 bridgehead atoms. The van der Waals surface area contributed by atoms with E-state index >= 15 is 0 Å². The minimum atomic E-state index is -0.0222. The molecule has 2 aromatic rings. The van der Waals surface area contributed by atoms with Gasteiger partial charge in [0, 0.05) is 11.9 Å². The fourth-order valence-corrected chi connectivity index (χ4v) is 2.29. The van der Waals surface area contributed by atoms with Gasteiger partial charge in [-0.2, -0.15) is 0 Å². The molecular weight excluding hydrogens is 290 g/mol. The molecule has 1 aliphatic carbocycles. The molecule has 0 radical (unpaired) electrons. The first-order valence-electron chi connectivity index (χ1n) is 7.90. The predicted octanol–water partition coefficient (Wildman–Crippen LogP) is 3.12. The highest BCUT2D eigenvalue weighted by molar-refractivity contribution is 5.92. The lowest BCUT2D eigenvalue weighted by atomic mass is 10.2. The summed E-state index contributed by atoms with van der Waals surface area (Å²) in [6.07, 6.45) is 5.94. The minimum absolute atomic E-state index is 0.0222. The van der Waals surface area contributed by atoms with Crippen LogP contribution in [-0.2, 0) is 4.79 Å². The first kappa shape index (κ1) is 15.5. The van der Waals surface area contributed by atoms with E-state index in [0.717, 1.165) is 29.5 Å². The maximum absolute atomic E-state index is 11.9. The van der Waals surface area contributed by atoms with Crippen molar-refractivity contribution >= 4 is 11.6 Å². The smallest absolute Gasteiger partial charge is 0.238 e. The van der Waals surface area contributed by atoms with Crippen molar-refractivity contribution in [3.63, 3.8) is 0 Å². The zero-order valence-corrected chi connectivity index (χ0v) is 13.2. The van der Waals surface area contributed by atoms with Crippen molar-refractivity contribution in [1.82, 2.24) is 10.3 Å². The van der Waals surface area contributed by atoms with Crippen LogP contribution < -0.4 is 15.4 Å². The third-order valence-electron chi connectivity index (χ3n) is 3.74. The van der Waals surface area contributed by atoms with Crippen molar-refractivity contribution in [2.75, 3.05) is 18.4 Å². The van der Waals surface area contributed by atoms with Gasteiger partial charge < -0.3 is 15.4 Å². The largest absolute Gasteiger partial charge is 0.455 e. The van der Waals surface area contributed by atoms with Gasteiger partial charge in [-0.1, -0.05) is 0 Å². The number of rotatable bonds is 7. The Bertz CT molecular complexity index is 669. The minimum Gasteiger partial charge on any atom is -0.455 e. The molecule has 1 fully saturated rings. The molecule has 1 amide bonds. The van der Waals surface area contributed by atoms with Crippen molar-refractivity contribution in [2.45, 2.75) is 19.8 Å². The summed E-state index contributed by atoms with van der Waals surface area (Å²) in [4.78, 5) is 15.9. The molecule has 0 saturated heterocycles. The van der Waals surface area contributed by atoms with Gasteiger partial charge in [0.25, 0.3) is 0 Å². The quantitative estimate of drug-likeness (QED) is 0.824. The van der Waals surface area contributed by atoms with E-state index in [9.17, 15) is 4.79 Å². The van der Waals surface area contributed by atoms with Gasteiger partial charge in [-0.15, -0.1) is 0 Å². The Balaban J connectivity index is 1.54. The van der Waals surface area contributed by atoms with E-state index in [1.807, 2.05) is 37.3 Å². The lowest BCUT2D eigenvalue weighted by Crippen LogP contribution is -2.29. The van der Waals surface area contributed by atoms with Gasteiger partial charge in [-0.3, -0.25) is 9.78 Å². The number of amides is 1. The SMILES string of the molecule is Cc1cc(NC(=O)CNCC2CC2)ccc1Oc1cccnc1. The fraction of sp³-hybridized carbons (Fsp3) is 0.333. The number of carbonyl (C=O) groups excluding carboxylic acids is 1. The third kappa shape index (κ3) is 4.79. The van der Waals surface area contributed by atoms with Crippen molar-refractivity contribution in [2.24, 2.45) is 5.92 Å². The monoisotopic (exact) mass is 311 g/mol. The van der Waals surface area contributed by atoms with Crippen LogP contribution in [0.3, 0.4) is 0 Å². The van der Waals surface area contributed by atoms with E-state index in [0.29, 0.717) is 12.3 Å². The first-order valence-corrected chi connectivity index (χ1v) is 7.90. The molecule has 0 unspecified atom stereocenters. The number of nitrogens with one attached hydrogen (secondary N) is 2. The molecule has 1 aromatic heterocycles. The molecule has 120 valence electrons. The maximum atomic E-state index is 11.9. The molecule has 1 aromatic carbocycles. The number of aryl methyl sites for hydroxylation is 1. The molecule has 1 aliphatic rings. The van der Waals surface area contributed by atoms with Crippen LogP contribution in [0, 0.1) is 12.8 Å². The van der Waals surface area contributed by atoms with Gasteiger partial charge in [0.05, 0.1) is 12.7 Å². The summed E-state index contributed by atoms with van der Waals surface area (Å²) >= 11 is 0. The molecular formula is C18H21N3O2. The highest BCUT2D eigenvalue weighted by Gasteiger charge is 2.20. The molecule has 5 heteroatoms. The highest BCUT2D eigenvalue weighted by atomic mass is 16.5. The molecule has 0 spiro atoms. The van der Waals surface area contributed by atoms with Gasteiger partial charge in [0.2, 0.25) is 5.91 Å². The number of benzene rings is 1. The van der Waals surface area contributed by atoms with Gasteiger partial charge in [0.1, 0.15) is 11.5 Å². The van der Waals surface area contributed by atoms with Gasteiger partial charge in [-0.05, 0) is 68.1 Å². The molecule has 3 rings (SSSR count). The van der Waals surface area contributed by atoms with Crippen molar-refractivity contribution < 1.29 is 9.53 Å². The van der Waals surface area contributed by atoms with E-state index in [4.69, 9.17) is 4.74 Å². The Morgan fingerprint density at radius 1 is 1.35 bits per heavy atom. The van der Waals surface area contributed by atoms with Crippen LogP contribution in [0.25, 0.3) is 0 Å². The molecule has 1 saturated carbocycles. The number of nitrogens with zero attached hydrogens (tertiary/aromatic N) is 1. The standard InChI is InChI=1S/C18H21N3O2/c1-13-9-15(21-18(22)12-20-10-14-4-5-14)6-7-17(13)23-16-3-2-8-19-11-16/h2-3,6-9,11,14,20H,4-5,10,12H2,1H3,(H,21,22). The van der Waals surface area contributed by atoms with Crippen LogP contribution >= 0.6 is 0 Å². The second-order valence-electron chi connectivity index (χ2n) is 5.89. The van der Waals surface area contributed by atoms with Crippen LogP contribution in [0.5, 0.6) is 11.5 Å². The van der Waals surface area contributed by atoms with Crippen LogP contribution in [0.15, 0.2) is 42.7 Å². The van der Waals surface area contributed by atoms with Crippen LogP contribution in [0.2, 0.25) is 0 Å². The molecule has 1 heterocycles. The fourth-order valence-electron chi connectivity index (χ4n) is 2.29. The van der Waals surface area contributed by atoms with Crippen molar-refractivity contribution in [3.05, 3.63) is 48.3 Å². The summed E-state index contributed by atoms with van der Waals surface area (Å²) < 4.78 is 5.78. The van der Waals surface area contributed by atoms with Crippen LogP contribution in [0.4, 0.5) is 5.69 Å². The van der Waals surface area contributed by atoms with Crippen LogP contribution in [0.1, 0.15) is 18.4 Å². The Morgan fingerprint density at radius 3 is 2.91 bits per heavy atom. The zero-order valence-electron chi connectivity index (χ0n) is 13.2. The second kappa shape index (κ2) is 7.24. The maximum Gasteiger partial charge on any atom is 0.238 e. The lowest BCUT2D eigenvalue weighted by molar-refractivity contribution is -0.115. The Kier molecular flexibility index (Phi) is 4.88. The van der Waals surface area contributed by atoms with E-state index < -0.39 is 0 Å². The van der Waals surface area contributed by atoms with Crippen molar-refractivity contribution in [3.8, 4) is 11.5 Å². The van der Waals surface area contributed by atoms with Crippen LogP contribution in [-0.4, -0.2) is 24.0 Å². The number of aromatic nitrogens is 1. The summed E-state index contributed by atoms with van der Waals surface area (Å²) in [7, 11) is 0. The van der Waals surface area contributed by atoms with Gasteiger partial charge in [-0.25, -0.2) is 0 Å². The van der Waals surface area contributed by atoms with E-state index in [1.54, 1.807) is 12.4 Å². The second-order valence-corrected chi connectivity index (χ2v) is 5.89. The normalized spacial score (nSPS) is 13.6. The zero-order chi connectivity index (χ0) is 16.1. The summed E-state index contributed by atoms with van der Waals surface area (Å²) in [5.74, 6) is 2.19. The molecule has 0 atom stereocenters. The van der Waals surface area contributed by atoms with Gasteiger partial charge >= 0.3 is 0 Å². The van der Waals surface area contributed by atoms with E-state index in [1.165, 1.54) is 12.8 Å². The summed E-state index contributed by atoms with van der Waals surface area (Å²) in [5.41, 5.74) is 1.73. The summed E-state index contributed by atoms with van der Waals surface area (Å²) in [5, 5.41) is 6.08. The number of carbonyl (C=O) groups is 1. The number of hydrogen-bond acceptors (Lipinski definition) is 4. The summed E-state index contributed by atoms with van der Waals surface area (Å²) in [6.45, 7) is 3.24. The number of hydrogen-bond donors (Lipinski definition) is 2. The summed E-state index contributed by atoms with van der Waals surface area (Å²) in [6, 6.07) is 9.29. The predicted molar refractivity (Wildman–Crippen MR) is 89.7 cm³/mol.